The van der Waals surface area contributed by atoms with E-state index >= 15 is 0 Å². The standard InChI is InChI=1S/C29H39NO4/c1-26(2,3)23-15-21(31)29(25(32)33)20-11-10-16-14-18-17-8-6-7-9-19(17)30-24(18)28(16,5)27(20,4)13-12-22(29)34-23/h6-9,16,20-23,30-31H,10-15H2,1-5H3,(H,32,33)/t16?,20?,21?,22?,23-,27-,28+,29?/m0/s1. The summed E-state index contributed by atoms with van der Waals surface area (Å²) in [6.07, 6.45) is 3.38. The molecular weight excluding hydrogens is 426 g/mol. The lowest BCUT2D eigenvalue weighted by atomic mass is 9.39. The van der Waals surface area contributed by atoms with Gasteiger partial charge in [0.05, 0.1) is 18.3 Å². The third-order valence-electron chi connectivity index (χ3n) is 11.0. The molecule has 0 spiro atoms. The molecule has 2 saturated carbocycles. The molecule has 5 unspecified atom stereocenters. The van der Waals surface area contributed by atoms with Crippen molar-refractivity contribution in [2.75, 3.05) is 0 Å². The van der Waals surface area contributed by atoms with Gasteiger partial charge in [0.1, 0.15) is 5.41 Å². The second-order valence-corrected chi connectivity index (χ2v) is 13.2. The quantitative estimate of drug-likeness (QED) is 0.523. The molecule has 8 atom stereocenters. The Hall–Kier alpha value is -1.85. The smallest absolute Gasteiger partial charge is 0.315 e. The second-order valence-electron chi connectivity index (χ2n) is 13.2. The molecule has 2 aromatic rings. The van der Waals surface area contributed by atoms with Crippen LogP contribution in [0, 0.1) is 28.1 Å². The fourth-order valence-corrected chi connectivity index (χ4v) is 9.06. The zero-order valence-electron chi connectivity index (χ0n) is 21.1. The molecule has 34 heavy (non-hydrogen) atoms. The minimum Gasteiger partial charge on any atom is -0.481 e. The molecule has 0 bridgehead atoms. The van der Waals surface area contributed by atoms with E-state index in [9.17, 15) is 15.0 Å². The first-order chi connectivity index (χ1) is 16.0. The number of fused-ring (bicyclic) bond motifs is 9. The Morgan fingerprint density at radius 1 is 1.15 bits per heavy atom. The number of aromatic nitrogens is 1. The number of aliphatic hydroxyl groups excluding tert-OH is 1. The van der Waals surface area contributed by atoms with Crippen molar-refractivity contribution in [2.45, 2.75) is 96.9 Å². The van der Waals surface area contributed by atoms with Crippen molar-refractivity contribution in [2.24, 2.45) is 28.1 Å². The van der Waals surface area contributed by atoms with Gasteiger partial charge in [0.2, 0.25) is 0 Å². The van der Waals surface area contributed by atoms with Crippen molar-refractivity contribution in [3.05, 3.63) is 35.5 Å². The van der Waals surface area contributed by atoms with Crippen molar-refractivity contribution in [3.63, 3.8) is 0 Å². The van der Waals surface area contributed by atoms with Crippen LogP contribution >= 0.6 is 0 Å². The van der Waals surface area contributed by atoms with E-state index in [1.54, 1.807) is 0 Å². The molecule has 3 aliphatic carbocycles. The van der Waals surface area contributed by atoms with Crippen LogP contribution in [-0.4, -0.2) is 39.5 Å². The molecule has 1 saturated heterocycles. The highest BCUT2D eigenvalue weighted by atomic mass is 16.5. The molecular formula is C29H39NO4. The van der Waals surface area contributed by atoms with Crippen LogP contribution in [0.1, 0.15) is 78.0 Å². The molecule has 1 aromatic carbocycles. The number of carboxylic acid groups (broad SMARTS) is 1. The number of aromatic amines is 1. The van der Waals surface area contributed by atoms with Crippen molar-refractivity contribution < 1.29 is 19.7 Å². The van der Waals surface area contributed by atoms with Crippen molar-refractivity contribution in [1.29, 1.82) is 0 Å². The molecule has 184 valence electrons. The summed E-state index contributed by atoms with van der Waals surface area (Å²) in [6.45, 7) is 11.1. The Bertz CT molecular complexity index is 1160. The molecule has 0 radical (unpaired) electrons. The summed E-state index contributed by atoms with van der Waals surface area (Å²) in [5, 5.41) is 23.8. The Kier molecular flexibility index (Phi) is 4.57. The van der Waals surface area contributed by atoms with Gasteiger partial charge < -0.3 is 19.9 Å². The average Bonchev–Trinajstić information content (AvgIpc) is 3.27. The fraction of sp³-hybridized carbons (Fsp3) is 0.690. The van der Waals surface area contributed by atoms with Gasteiger partial charge in [-0.1, -0.05) is 52.8 Å². The predicted molar refractivity (Wildman–Crippen MR) is 132 cm³/mol. The van der Waals surface area contributed by atoms with Gasteiger partial charge in [-0.2, -0.15) is 0 Å². The maximum Gasteiger partial charge on any atom is 0.315 e. The van der Waals surface area contributed by atoms with Crippen LogP contribution in [0.5, 0.6) is 0 Å². The molecule has 0 amide bonds. The highest BCUT2D eigenvalue weighted by Crippen LogP contribution is 2.71. The molecule has 3 N–H and O–H groups in total. The molecule has 5 nitrogen and oxygen atoms in total. The summed E-state index contributed by atoms with van der Waals surface area (Å²) < 4.78 is 6.60. The van der Waals surface area contributed by atoms with Crippen LogP contribution in [0.2, 0.25) is 0 Å². The number of aliphatic hydroxyl groups is 1. The third-order valence-corrected chi connectivity index (χ3v) is 11.0. The second kappa shape index (κ2) is 6.88. The summed E-state index contributed by atoms with van der Waals surface area (Å²) in [6, 6.07) is 8.55. The van der Waals surface area contributed by atoms with Crippen molar-refractivity contribution in [1.82, 2.24) is 4.98 Å². The lowest BCUT2D eigenvalue weighted by Crippen LogP contribution is -2.71. The van der Waals surface area contributed by atoms with E-state index in [4.69, 9.17) is 4.74 Å². The molecule has 3 fully saturated rings. The number of carbonyl (C=O) groups is 1. The maximum absolute atomic E-state index is 13.2. The summed E-state index contributed by atoms with van der Waals surface area (Å²) in [7, 11) is 0. The van der Waals surface area contributed by atoms with Gasteiger partial charge in [0, 0.05) is 28.4 Å². The SMILES string of the molecule is CC(C)(C)[C@@H]1CC(O)C2(C(=O)O)C(CC[C@@]3(C)C2CCC2Cc4c([nH]c5ccccc45)[C@@]23C)O1. The van der Waals surface area contributed by atoms with E-state index in [1.165, 1.54) is 22.2 Å². The van der Waals surface area contributed by atoms with Crippen LogP contribution in [0.15, 0.2) is 24.3 Å². The minimum atomic E-state index is -1.25. The highest BCUT2D eigenvalue weighted by molar-refractivity contribution is 5.86. The van der Waals surface area contributed by atoms with Gasteiger partial charge in [-0.25, -0.2) is 0 Å². The summed E-state index contributed by atoms with van der Waals surface area (Å²) in [5.41, 5.74) is 2.12. The molecule has 2 heterocycles. The minimum absolute atomic E-state index is 0.134. The summed E-state index contributed by atoms with van der Waals surface area (Å²) in [5.74, 6) is -0.512. The Morgan fingerprint density at radius 3 is 2.59 bits per heavy atom. The number of ether oxygens (including phenoxy) is 1. The number of rotatable bonds is 1. The lowest BCUT2D eigenvalue weighted by molar-refractivity contribution is -0.276. The number of benzene rings is 1. The fourth-order valence-electron chi connectivity index (χ4n) is 9.06. The number of para-hydroxylation sites is 1. The Balaban J connectivity index is 1.49. The maximum atomic E-state index is 13.2. The summed E-state index contributed by atoms with van der Waals surface area (Å²) >= 11 is 0. The number of H-pyrrole nitrogens is 1. The van der Waals surface area contributed by atoms with Crippen LogP contribution in [0.4, 0.5) is 0 Å². The topological polar surface area (TPSA) is 82.5 Å². The van der Waals surface area contributed by atoms with Crippen LogP contribution in [-0.2, 0) is 21.4 Å². The van der Waals surface area contributed by atoms with E-state index in [2.05, 4.69) is 63.9 Å². The zero-order chi connectivity index (χ0) is 24.3. The predicted octanol–water partition coefficient (Wildman–Crippen LogP) is 5.44. The summed E-state index contributed by atoms with van der Waals surface area (Å²) in [4.78, 5) is 17.0. The zero-order valence-corrected chi connectivity index (χ0v) is 21.1. The number of aliphatic carboxylic acids is 1. The number of hydrogen-bond acceptors (Lipinski definition) is 3. The molecule has 5 heteroatoms. The largest absolute Gasteiger partial charge is 0.481 e. The van der Waals surface area contributed by atoms with Gasteiger partial charge in [0.25, 0.3) is 0 Å². The first kappa shape index (κ1) is 22.6. The normalized spacial score (nSPS) is 43.6. The molecule has 1 aromatic heterocycles. The van der Waals surface area contributed by atoms with Gasteiger partial charge >= 0.3 is 5.97 Å². The number of nitrogens with one attached hydrogen (secondary N) is 1. The first-order valence-corrected chi connectivity index (χ1v) is 13.1. The van der Waals surface area contributed by atoms with E-state index in [0.29, 0.717) is 18.8 Å². The van der Waals surface area contributed by atoms with Gasteiger partial charge in [0.15, 0.2) is 0 Å². The molecule has 6 rings (SSSR count). The highest BCUT2D eigenvalue weighted by Gasteiger charge is 2.73. The number of hydrogen-bond donors (Lipinski definition) is 3. The lowest BCUT2D eigenvalue weighted by Gasteiger charge is -2.67. The van der Waals surface area contributed by atoms with Crippen LogP contribution in [0.3, 0.4) is 0 Å². The van der Waals surface area contributed by atoms with Crippen molar-refractivity contribution >= 4 is 16.9 Å². The molecule has 1 aliphatic heterocycles. The van der Waals surface area contributed by atoms with E-state index < -0.39 is 23.6 Å². The van der Waals surface area contributed by atoms with Crippen LogP contribution in [0.25, 0.3) is 10.9 Å². The van der Waals surface area contributed by atoms with Crippen molar-refractivity contribution in [3.8, 4) is 0 Å². The van der Waals surface area contributed by atoms with Crippen LogP contribution < -0.4 is 0 Å². The van der Waals surface area contributed by atoms with Gasteiger partial charge in [-0.05, 0) is 66.4 Å². The van der Waals surface area contributed by atoms with E-state index in [1.807, 2.05) is 0 Å². The van der Waals surface area contributed by atoms with E-state index in [0.717, 1.165) is 25.7 Å². The van der Waals surface area contributed by atoms with Gasteiger partial charge in [-0.15, -0.1) is 0 Å². The number of carboxylic acids is 1. The Morgan fingerprint density at radius 2 is 1.88 bits per heavy atom. The van der Waals surface area contributed by atoms with Gasteiger partial charge in [-0.3, -0.25) is 4.79 Å². The first-order valence-electron chi connectivity index (χ1n) is 13.1. The Labute approximate surface area is 202 Å². The third kappa shape index (κ3) is 2.50. The average molecular weight is 466 g/mol. The van der Waals surface area contributed by atoms with E-state index in [-0.39, 0.29) is 28.3 Å². The molecule has 4 aliphatic rings. The monoisotopic (exact) mass is 465 g/mol.